The van der Waals surface area contributed by atoms with Gasteiger partial charge in [-0.25, -0.2) is 4.68 Å². The van der Waals surface area contributed by atoms with Gasteiger partial charge in [0.25, 0.3) is 5.56 Å². The van der Waals surface area contributed by atoms with E-state index in [4.69, 9.17) is 4.74 Å². The Kier molecular flexibility index (Phi) is 4.58. The number of aryl methyl sites for hydroxylation is 1. The summed E-state index contributed by atoms with van der Waals surface area (Å²) in [6.07, 6.45) is 0. The second-order valence-electron chi connectivity index (χ2n) is 3.70. The van der Waals surface area contributed by atoms with Crippen LogP contribution in [0.4, 0.5) is 5.13 Å². The van der Waals surface area contributed by atoms with Crippen LogP contribution in [0.2, 0.25) is 0 Å². The van der Waals surface area contributed by atoms with Gasteiger partial charge in [-0.2, -0.15) is 5.10 Å². The molecule has 7 nitrogen and oxygen atoms in total. The van der Waals surface area contributed by atoms with Crippen molar-refractivity contribution in [3.8, 4) is 10.7 Å². The normalized spacial score (nSPS) is 10.6. The Morgan fingerprint density at radius 3 is 3.00 bits per heavy atom. The molecule has 1 N–H and O–H groups in total. The van der Waals surface area contributed by atoms with Crippen molar-refractivity contribution in [1.82, 2.24) is 20.0 Å². The molecule has 0 amide bonds. The highest BCUT2D eigenvalue weighted by atomic mass is 32.1. The highest BCUT2D eigenvalue weighted by Gasteiger charge is 2.09. The second kappa shape index (κ2) is 6.39. The van der Waals surface area contributed by atoms with E-state index >= 15 is 0 Å². The summed E-state index contributed by atoms with van der Waals surface area (Å²) < 4.78 is 6.34. The summed E-state index contributed by atoms with van der Waals surface area (Å²) in [4.78, 5) is 11.5. The third-order valence-corrected chi connectivity index (χ3v) is 3.30. The van der Waals surface area contributed by atoms with Crippen molar-refractivity contribution in [2.45, 2.75) is 13.5 Å². The first-order valence-electron chi connectivity index (χ1n) is 5.89. The minimum atomic E-state index is -0.116. The predicted octanol–water partition coefficient (Wildman–Crippen LogP) is 0.840. The molecule has 2 aromatic rings. The number of nitrogens with zero attached hydrogens (tertiary/aromatic N) is 4. The van der Waals surface area contributed by atoms with E-state index in [-0.39, 0.29) is 5.56 Å². The quantitative estimate of drug-likeness (QED) is 0.790. The van der Waals surface area contributed by atoms with E-state index in [1.165, 1.54) is 22.1 Å². The molecule has 0 radical (unpaired) electrons. The molecule has 0 unspecified atom stereocenters. The van der Waals surface area contributed by atoms with Gasteiger partial charge in [-0.05, 0) is 13.0 Å². The van der Waals surface area contributed by atoms with Crippen LogP contribution in [-0.4, -0.2) is 40.2 Å². The van der Waals surface area contributed by atoms with Crippen LogP contribution in [0.3, 0.4) is 0 Å². The zero-order chi connectivity index (χ0) is 13.7. The molecule has 2 rings (SSSR count). The van der Waals surface area contributed by atoms with Crippen LogP contribution in [0.25, 0.3) is 10.7 Å². The van der Waals surface area contributed by atoms with Crippen LogP contribution in [0.5, 0.6) is 0 Å². The van der Waals surface area contributed by atoms with Crippen molar-refractivity contribution in [3.63, 3.8) is 0 Å². The molecule has 0 bridgehead atoms. The molecular formula is C11H15N5O2S. The summed E-state index contributed by atoms with van der Waals surface area (Å²) >= 11 is 1.39. The Labute approximate surface area is 114 Å². The minimum absolute atomic E-state index is 0.116. The summed E-state index contributed by atoms with van der Waals surface area (Å²) in [5, 5.41) is 16.8. The number of hydrogen-bond donors (Lipinski definition) is 1. The lowest BCUT2D eigenvalue weighted by Gasteiger charge is -2.01. The number of aromatic nitrogens is 4. The predicted molar refractivity (Wildman–Crippen MR) is 73.4 cm³/mol. The maximum atomic E-state index is 11.5. The van der Waals surface area contributed by atoms with E-state index < -0.39 is 0 Å². The van der Waals surface area contributed by atoms with E-state index in [0.717, 1.165) is 0 Å². The van der Waals surface area contributed by atoms with Crippen LogP contribution >= 0.6 is 11.3 Å². The van der Waals surface area contributed by atoms with Crippen molar-refractivity contribution in [3.05, 3.63) is 22.5 Å². The SMILES string of the molecule is CCn1nc(-c2nnc(NCCOC)s2)ccc1=O. The highest BCUT2D eigenvalue weighted by molar-refractivity contribution is 7.18. The van der Waals surface area contributed by atoms with Gasteiger partial charge in [0.2, 0.25) is 5.13 Å². The summed E-state index contributed by atoms with van der Waals surface area (Å²) in [6, 6.07) is 3.15. The molecule has 0 aliphatic carbocycles. The molecule has 0 saturated heterocycles. The fourth-order valence-corrected chi connectivity index (χ4v) is 2.18. The number of hydrogen-bond acceptors (Lipinski definition) is 7. The molecular weight excluding hydrogens is 266 g/mol. The number of rotatable bonds is 6. The highest BCUT2D eigenvalue weighted by Crippen LogP contribution is 2.23. The minimum Gasteiger partial charge on any atom is -0.383 e. The Morgan fingerprint density at radius 1 is 1.42 bits per heavy atom. The molecule has 8 heteroatoms. The summed E-state index contributed by atoms with van der Waals surface area (Å²) in [5.74, 6) is 0. The van der Waals surface area contributed by atoms with Gasteiger partial charge in [0.1, 0.15) is 5.69 Å². The lowest BCUT2D eigenvalue weighted by Crippen LogP contribution is -2.20. The zero-order valence-electron chi connectivity index (χ0n) is 10.8. The first kappa shape index (κ1) is 13.6. The van der Waals surface area contributed by atoms with Crippen LogP contribution in [-0.2, 0) is 11.3 Å². The first-order valence-corrected chi connectivity index (χ1v) is 6.71. The third-order valence-electron chi connectivity index (χ3n) is 2.39. The maximum Gasteiger partial charge on any atom is 0.266 e. The smallest absolute Gasteiger partial charge is 0.266 e. The molecule has 0 atom stereocenters. The van der Waals surface area contributed by atoms with Gasteiger partial charge in [0, 0.05) is 26.3 Å². The third kappa shape index (κ3) is 3.36. The van der Waals surface area contributed by atoms with Crippen LogP contribution in [0.1, 0.15) is 6.92 Å². The van der Waals surface area contributed by atoms with Crippen molar-refractivity contribution in [1.29, 1.82) is 0 Å². The fourth-order valence-electron chi connectivity index (χ4n) is 1.45. The average Bonchev–Trinajstić information content (AvgIpc) is 2.88. The van der Waals surface area contributed by atoms with Gasteiger partial charge in [-0.15, -0.1) is 10.2 Å². The van der Waals surface area contributed by atoms with Gasteiger partial charge < -0.3 is 10.1 Å². The number of ether oxygens (including phenoxy) is 1. The Balaban J connectivity index is 2.16. The standard InChI is InChI=1S/C11H15N5O2S/c1-3-16-9(17)5-4-8(15-16)10-13-14-11(19-10)12-6-7-18-2/h4-5H,3,6-7H2,1-2H3,(H,12,14). The van der Waals surface area contributed by atoms with Crippen molar-refractivity contribution < 1.29 is 4.74 Å². The van der Waals surface area contributed by atoms with Gasteiger partial charge >= 0.3 is 0 Å². The molecule has 102 valence electrons. The second-order valence-corrected chi connectivity index (χ2v) is 4.68. The number of anilines is 1. The number of methoxy groups -OCH3 is 1. The lowest BCUT2D eigenvalue weighted by molar-refractivity contribution is 0.211. The summed E-state index contributed by atoms with van der Waals surface area (Å²) in [6.45, 7) is 3.68. The fraction of sp³-hybridized carbons (Fsp3) is 0.455. The monoisotopic (exact) mass is 281 g/mol. The van der Waals surface area contributed by atoms with Gasteiger partial charge in [0.15, 0.2) is 5.01 Å². The Morgan fingerprint density at radius 2 is 2.26 bits per heavy atom. The molecule has 0 spiro atoms. The Bertz CT molecular complexity index is 595. The molecule has 19 heavy (non-hydrogen) atoms. The zero-order valence-corrected chi connectivity index (χ0v) is 11.6. The Hall–Kier alpha value is -1.80. The van der Waals surface area contributed by atoms with E-state index in [2.05, 4.69) is 20.6 Å². The van der Waals surface area contributed by atoms with Crippen LogP contribution < -0.4 is 10.9 Å². The van der Waals surface area contributed by atoms with E-state index in [1.807, 2.05) is 6.92 Å². The van der Waals surface area contributed by atoms with Crippen molar-refractivity contribution in [2.24, 2.45) is 0 Å². The van der Waals surface area contributed by atoms with E-state index in [9.17, 15) is 4.79 Å². The van der Waals surface area contributed by atoms with Crippen LogP contribution in [0.15, 0.2) is 16.9 Å². The van der Waals surface area contributed by atoms with Gasteiger partial charge in [-0.1, -0.05) is 11.3 Å². The molecule has 2 heterocycles. The largest absolute Gasteiger partial charge is 0.383 e. The van der Waals surface area contributed by atoms with Crippen molar-refractivity contribution >= 4 is 16.5 Å². The van der Waals surface area contributed by atoms with Gasteiger partial charge in [-0.3, -0.25) is 4.79 Å². The van der Waals surface area contributed by atoms with E-state index in [0.29, 0.717) is 35.5 Å². The topological polar surface area (TPSA) is 81.9 Å². The van der Waals surface area contributed by atoms with Crippen molar-refractivity contribution in [2.75, 3.05) is 25.6 Å². The molecule has 0 aromatic carbocycles. The first-order chi connectivity index (χ1) is 9.24. The molecule has 0 saturated carbocycles. The molecule has 0 aliphatic heterocycles. The number of nitrogens with one attached hydrogen (secondary N) is 1. The molecule has 0 fully saturated rings. The molecule has 2 aromatic heterocycles. The average molecular weight is 281 g/mol. The van der Waals surface area contributed by atoms with Crippen LogP contribution in [0, 0.1) is 0 Å². The summed E-state index contributed by atoms with van der Waals surface area (Å²) in [5.41, 5.74) is 0.535. The van der Waals surface area contributed by atoms with E-state index in [1.54, 1.807) is 13.2 Å². The lowest BCUT2D eigenvalue weighted by atomic mass is 10.4. The maximum absolute atomic E-state index is 11.5. The molecule has 0 aliphatic rings. The summed E-state index contributed by atoms with van der Waals surface area (Å²) in [7, 11) is 1.64. The van der Waals surface area contributed by atoms with Gasteiger partial charge in [0.05, 0.1) is 6.61 Å².